The number of rotatable bonds is 6. The smallest absolute Gasteiger partial charge is 0.252 e. The fraction of sp³-hybridized carbons (Fsp3) is 0.241. The molecule has 2 N–H and O–H groups in total. The van der Waals surface area contributed by atoms with Crippen molar-refractivity contribution in [3.05, 3.63) is 89.5 Å². The molecule has 1 aromatic heterocycles. The van der Waals surface area contributed by atoms with Crippen LogP contribution in [0.1, 0.15) is 54.2 Å². The number of hydrogen-bond donors (Lipinski definition) is 2. The molecule has 5 rings (SSSR count). The van der Waals surface area contributed by atoms with Crippen molar-refractivity contribution in [1.29, 1.82) is 0 Å². The zero-order valence-corrected chi connectivity index (χ0v) is 20.2. The number of ether oxygens (including phenoxy) is 2. The van der Waals surface area contributed by atoms with Gasteiger partial charge in [-0.2, -0.15) is 0 Å². The summed E-state index contributed by atoms with van der Waals surface area (Å²) in [6, 6.07) is 23.3. The van der Waals surface area contributed by atoms with Crippen molar-refractivity contribution in [2.24, 2.45) is 0 Å². The molecule has 35 heavy (non-hydrogen) atoms. The molecule has 0 spiro atoms. The van der Waals surface area contributed by atoms with Gasteiger partial charge in [0, 0.05) is 11.1 Å². The molecule has 0 saturated heterocycles. The predicted molar refractivity (Wildman–Crippen MR) is 139 cm³/mol. The Hall–Kier alpha value is -4.06. The first-order valence-corrected chi connectivity index (χ1v) is 11.9. The van der Waals surface area contributed by atoms with Crippen molar-refractivity contribution in [1.82, 2.24) is 10.3 Å². The Morgan fingerprint density at radius 3 is 2.34 bits per heavy atom. The summed E-state index contributed by atoms with van der Waals surface area (Å²) in [5.41, 5.74) is 4.47. The van der Waals surface area contributed by atoms with Gasteiger partial charge in [0.25, 0.3) is 5.91 Å². The van der Waals surface area contributed by atoms with Gasteiger partial charge in [-0.3, -0.25) is 4.79 Å². The number of nitrogens with one attached hydrogen (secondary N) is 2. The molecule has 0 unspecified atom stereocenters. The van der Waals surface area contributed by atoms with E-state index >= 15 is 0 Å². The third kappa shape index (κ3) is 4.92. The third-order valence-corrected chi connectivity index (χ3v) is 6.22. The number of hydrogen-bond acceptors (Lipinski definition) is 5. The quantitative estimate of drug-likeness (QED) is 0.345. The molecule has 4 aromatic rings. The van der Waals surface area contributed by atoms with E-state index in [1.807, 2.05) is 67.6 Å². The van der Waals surface area contributed by atoms with Crippen LogP contribution < -0.4 is 20.1 Å². The molecule has 1 aliphatic rings. The van der Waals surface area contributed by atoms with Crippen LogP contribution in [0.3, 0.4) is 0 Å². The van der Waals surface area contributed by atoms with Crippen LogP contribution in [0.15, 0.2) is 72.8 Å². The SMILES string of the molecule is CC(C)c1ccc(Nc2cc(C(=O)N[C@H](C)c3ccc4c(c3)OCCO4)c3ccccc3n2)cc1. The minimum atomic E-state index is -0.217. The van der Waals surface area contributed by atoms with E-state index < -0.39 is 0 Å². The highest BCUT2D eigenvalue weighted by Crippen LogP contribution is 2.33. The number of fused-ring (bicyclic) bond motifs is 2. The van der Waals surface area contributed by atoms with Crippen molar-refractivity contribution in [2.45, 2.75) is 32.7 Å². The van der Waals surface area contributed by atoms with Crippen LogP contribution in [0.5, 0.6) is 11.5 Å². The first-order valence-electron chi connectivity index (χ1n) is 11.9. The lowest BCUT2D eigenvalue weighted by Crippen LogP contribution is -2.27. The Labute approximate surface area is 205 Å². The standard InChI is InChI=1S/C29H29N3O3/c1-18(2)20-8-11-22(12-9-20)31-28-17-24(23-6-4-5-7-25(23)32-28)29(33)30-19(3)21-10-13-26-27(16-21)35-15-14-34-26/h4-13,16-19H,14-15H2,1-3H3,(H,30,33)(H,31,32)/t19-/m1/s1. The summed E-state index contributed by atoms with van der Waals surface area (Å²) in [7, 11) is 0. The first kappa shape index (κ1) is 22.7. The molecule has 1 atom stereocenters. The zero-order chi connectivity index (χ0) is 24.4. The van der Waals surface area contributed by atoms with Crippen LogP contribution in [-0.2, 0) is 0 Å². The van der Waals surface area contributed by atoms with E-state index in [0.29, 0.717) is 36.3 Å². The van der Waals surface area contributed by atoms with Gasteiger partial charge in [0.15, 0.2) is 11.5 Å². The Bertz CT molecular complexity index is 1370. The molecule has 3 aromatic carbocycles. The fourth-order valence-electron chi connectivity index (χ4n) is 4.21. The maximum Gasteiger partial charge on any atom is 0.252 e. The van der Waals surface area contributed by atoms with Crippen molar-refractivity contribution >= 4 is 28.3 Å². The molecule has 2 heterocycles. The van der Waals surface area contributed by atoms with Crippen LogP contribution in [0.4, 0.5) is 11.5 Å². The minimum absolute atomic E-state index is 0.163. The molecule has 6 nitrogen and oxygen atoms in total. The van der Waals surface area contributed by atoms with E-state index in [-0.39, 0.29) is 11.9 Å². The van der Waals surface area contributed by atoms with Gasteiger partial charge in [-0.1, -0.05) is 50.2 Å². The highest BCUT2D eigenvalue weighted by molar-refractivity contribution is 6.07. The lowest BCUT2D eigenvalue weighted by Gasteiger charge is -2.21. The molecule has 0 fully saturated rings. The van der Waals surface area contributed by atoms with Gasteiger partial charge >= 0.3 is 0 Å². The molecule has 1 aliphatic heterocycles. The number of benzene rings is 3. The van der Waals surface area contributed by atoms with Crippen LogP contribution in [0.2, 0.25) is 0 Å². The van der Waals surface area contributed by atoms with Gasteiger partial charge in [0.1, 0.15) is 19.0 Å². The van der Waals surface area contributed by atoms with Crippen molar-refractivity contribution in [2.75, 3.05) is 18.5 Å². The third-order valence-electron chi connectivity index (χ3n) is 6.22. The second-order valence-electron chi connectivity index (χ2n) is 9.07. The summed E-state index contributed by atoms with van der Waals surface area (Å²) < 4.78 is 11.3. The van der Waals surface area contributed by atoms with E-state index in [2.05, 4.69) is 36.6 Å². The summed E-state index contributed by atoms with van der Waals surface area (Å²) in [5.74, 6) is 2.37. The van der Waals surface area contributed by atoms with Crippen LogP contribution in [0, 0.1) is 0 Å². The number of carbonyl (C=O) groups is 1. The summed E-state index contributed by atoms with van der Waals surface area (Å²) in [5, 5.41) is 7.29. The van der Waals surface area contributed by atoms with Crippen LogP contribution in [-0.4, -0.2) is 24.1 Å². The monoisotopic (exact) mass is 467 g/mol. The topological polar surface area (TPSA) is 72.5 Å². The summed E-state index contributed by atoms with van der Waals surface area (Å²) in [6.45, 7) is 7.37. The Balaban J connectivity index is 1.41. The highest BCUT2D eigenvalue weighted by Gasteiger charge is 2.19. The van der Waals surface area contributed by atoms with Gasteiger partial charge in [-0.25, -0.2) is 4.98 Å². The average Bonchev–Trinajstić information content (AvgIpc) is 2.88. The number of para-hydroxylation sites is 1. The number of carbonyl (C=O) groups excluding carboxylic acids is 1. The molecular weight excluding hydrogens is 438 g/mol. The number of amides is 1. The van der Waals surface area contributed by atoms with E-state index in [1.54, 1.807) is 0 Å². The maximum atomic E-state index is 13.4. The average molecular weight is 468 g/mol. The second kappa shape index (κ2) is 9.66. The van der Waals surface area contributed by atoms with Gasteiger partial charge in [0.05, 0.1) is 17.1 Å². The Morgan fingerprint density at radius 2 is 1.57 bits per heavy atom. The summed E-state index contributed by atoms with van der Waals surface area (Å²) >= 11 is 0. The highest BCUT2D eigenvalue weighted by atomic mass is 16.6. The van der Waals surface area contributed by atoms with E-state index in [0.717, 1.165) is 27.9 Å². The predicted octanol–water partition coefficient (Wildman–Crippen LogP) is 6.36. The molecule has 0 aliphatic carbocycles. The second-order valence-corrected chi connectivity index (χ2v) is 9.07. The van der Waals surface area contributed by atoms with Gasteiger partial charge in [0.2, 0.25) is 0 Å². The van der Waals surface area contributed by atoms with Gasteiger partial charge in [-0.15, -0.1) is 0 Å². The summed E-state index contributed by atoms with van der Waals surface area (Å²) in [4.78, 5) is 18.2. The Kier molecular flexibility index (Phi) is 6.27. The molecule has 0 bridgehead atoms. The van der Waals surface area contributed by atoms with Crippen LogP contribution >= 0.6 is 0 Å². The van der Waals surface area contributed by atoms with Crippen molar-refractivity contribution in [3.8, 4) is 11.5 Å². The number of nitrogens with zero attached hydrogens (tertiary/aromatic N) is 1. The molecule has 6 heteroatoms. The fourth-order valence-corrected chi connectivity index (χ4v) is 4.21. The normalized spacial score (nSPS) is 13.5. The number of aromatic nitrogens is 1. The lowest BCUT2D eigenvalue weighted by atomic mass is 10.0. The van der Waals surface area contributed by atoms with Crippen molar-refractivity contribution < 1.29 is 14.3 Å². The molecule has 0 saturated carbocycles. The van der Waals surface area contributed by atoms with Crippen LogP contribution in [0.25, 0.3) is 10.9 Å². The van der Waals surface area contributed by atoms with E-state index in [1.165, 1.54) is 5.56 Å². The molecule has 178 valence electrons. The molecule has 0 radical (unpaired) electrons. The zero-order valence-electron chi connectivity index (χ0n) is 20.2. The Morgan fingerprint density at radius 1 is 0.857 bits per heavy atom. The molecule has 1 amide bonds. The molecular formula is C29H29N3O3. The minimum Gasteiger partial charge on any atom is -0.486 e. The van der Waals surface area contributed by atoms with Crippen molar-refractivity contribution in [3.63, 3.8) is 0 Å². The van der Waals surface area contributed by atoms with E-state index in [9.17, 15) is 4.79 Å². The van der Waals surface area contributed by atoms with Gasteiger partial charge in [-0.05, 0) is 60.4 Å². The lowest BCUT2D eigenvalue weighted by molar-refractivity contribution is 0.0941. The number of anilines is 2. The largest absolute Gasteiger partial charge is 0.486 e. The summed E-state index contributed by atoms with van der Waals surface area (Å²) in [6.07, 6.45) is 0. The van der Waals surface area contributed by atoms with E-state index in [4.69, 9.17) is 14.5 Å². The van der Waals surface area contributed by atoms with Gasteiger partial charge < -0.3 is 20.1 Å². The maximum absolute atomic E-state index is 13.4. The number of pyridine rings is 1. The first-order chi connectivity index (χ1) is 17.0.